The molecule has 0 heterocycles. The van der Waals surface area contributed by atoms with Gasteiger partial charge in [0.1, 0.15) is 0 Å². The molecule has 0 rings (SSSR count). The Bertz CT molecular complexity index is 416. The normalized spacial score (nSPS) is 12.5. The second kappa shape index (κ2) is 14.7. The molecule has 0 atom stereocenters. The first-order valence-electron chi connectivity index (χ1n) is 8.82. The lowest BCUT2D eigenvalue weighted by atomic mass is 10.0. The predicted octanol–water partition coefficient (Wildman–Crippen LogP) is 4.90. The fourth-order valence-corrected chi connectivity index (χ4v) is 2.20. The van der Waals surface area contributed by atoms with Crippen molar-refractivity contribution in [2.45, 2.75) is 65.2 Å². The Labute approximate surface area is 146 Å². The van der Waals surface area contributed by atoms with Crippen LogP contribution in [0.2, 0.25) is 0 Å². The second-order valence-electron chi connectivity index (χ2n) is 5.73. The minimum Gasteiger partial charge on any atom is -0.466 e. The molecule has 0 unspecified atom stereocenters. The van der Waals surface area contributed by atoms with E-state index in [2.05, 4.69) is 13.8 Å². The minimum atomic E-state index is -0.351. The van der Waals surface area contributed by atoms with Gasteiger partial charge in [-0.2, -0.15) is 0 Å². The highest BCUT2D eigenvalue weighted by molar-refractivity contribution is 5.84. The van der Waals surface area contributed by atoms with Crippen LogP contribution in [-0.2, 0) is 19.1 Å². The summed E-state index contributed by atoms with van der Waals surface area (Å²) in [5.74, 6) is -0.703. The quantitative estimate of drug-likeness (QED) is 0.220. The van der Waals surface area contributed by atoms with Gasteiger partial charge in [-0.15, -0.1) is 0 Å². The summed E-state index contributed by atoms with van der Waals surface area (Å²) in [6.45, 7) is 4.29. The Kier molecular flexibility index (Phi) is 13.6. The van der Waals surface area contributed by atoms with Gasteiger partial charge in [0, 0.05) is 12.2 Å². The van der Waals surface area contributed by atoms with Crippen LogP contribution in [0.5, 0.6) is 0 Å². The van der Waals surface area contributed by atoms with Gasteiger partial charge in [-0.05, 0) is 36.8 Å². The van der Waals surface area contributed by atoms with Gasteiger partial charge in [-0.25, -0.2) is 9.59 Å². The van der Waals surface area contributed by atoms with Gasteiger partial charge in [-0.1, -0.05) is 51.7 Å². The van der Waals surface area contributed by atoms with Crippen molar-refractivity contribution < 1.29 is 19.1 Å². The lowest BCUT2D eigenvalue weighted by Crippen LogP contribution is -1.98. The Balaban J connectivity index is 5.09. The Morgan fingerprint density at radius 3 is 1.38 bits per heavy atom. The van der Waals surface area contributed by atoms with E-state index in [1.54, 1.807) is 0 Å². The third-order valence-corrected chi connectivity index (χ3v) is 3.66. The van der Waals surface area contributed by atoms with Crippen molar-refractivity contribution in [1.82, 2.24) is 0 Å². The van der Waals surface area contributed by atoms with E-state index in [1.807, 2.05) is 12.2 Å². The molecule has 0 N–H and O–H groups in total. The minimum absolute atomic E-state index is 0.351. The zero-order valence-electron chi connectivity index (χ0n) is 15.6. The average molecular weight is 336 g/mol. The van der Waals surface area contributed by atoms with E-state index in [4.69, 9.17) is 9.47 Å². The first-order chi connectivity index (χ1) is 11.6. The highest BCUT2D eigenvalue weighted by Crippen LogP contribution is 2.15. The van der Waals surface area contributed by atoms with E-state index in [9.17, 15) is 9.59 Å². The fraction of sp³-hybridized carbons (Fsp3) is 0.600. The summed E-state index contributed by atoms with van der Waals surface area (Å²) in [5, 5.41) is 0. The standard InChI is InChI=1S/C20H32O4/c1-5-7-9-11-17(15-19(21)23-3)13-14-18(12-10-8-6-2)16-20(22)24-4/h13-16H,5-12H2,1-4H3. The van der Waals surface area contributed by atoms with Gasteiger partial charge >= 0.3 is 11.9 Å². The summed E-state index contributed by atoms with van der Waals surface area (Å²) >= 11 is 0. The second-order valence-corrected chi connectivity index (χ2v) is 5.73. The number of allylic oxidation sites excluding steroid dienone is 4. The van der Waals surface area contributed by atoms with E-state index >= 15 is 0 Å². The van der Waals surface area contributed by atoms with Crippen LogP contribution in [0.25, 0.3) is 0 Å². The molecule has 0 radical (unpaired) electrons. The summed E-state index contributed by atoms with van der Waals surface area (Å²) in [6, 6.07) is 0. The molecule has 0 saturated heterocycles. The van der Waals surface area contributed by atoms with Crippen LogP contribution in [0, 0.1) is 0 Å². The smallest absolute Gasteiger partial charge is 0.330 e. The fourth-order valence-electron chi connectivity index (χ4n) is 2.20. The van der Waals surface area contributed by atoms with Crippen LogP contribution in [-0.4, -0.2) is 26.2 Å². The van der Waals surface area contributed by atoms with Crippen molar-refractivity contribution in [2.75, 3.05) is 14.2 Å². The molecule has 0 aliphatic rings. The molecule has 4 nitrogen and oxygen atoms in total. The molecule has 0 aliphatic carbocycles. The van der Waals surface area contributed by atoms with Crippen LogP contribution >= 0.6 is 0 Å². The SMILES string of the molecule is CCCCCC(C=CC(=CC(=O)OC)CCCCC)=CC(=O)OC. The number of rotatable bonds is 12. The van der Waals surface area contributed by atoms with Crippen LogP contribution < -0.4 is 0 Å². The zero-order valence-corrected chi connectivity index (χ0v) is 15.6. The molecular weight excluding hydrogens is 304 g/mol. The molecule has 0 spiro atoms. The maximum atomic E-state index is 11.5. The number of esters is 2. The van der Waals surface area contributed by atoms with Crippen molar-refractivity contribution in [2.24, 2.45) is 0 Å². The van der Waals surface area contributed by atoms with E-state index < -0.39 is 0 Å². The number of carbonyl (C=O) groups is 2. The molecule has 0 aromatic heterocycles. The predicted molar refractivity (Wildman–Crippen MR) is 97.6 cm³/mol. The van der Waals surface area contributed by atoms with Crippen molar-refractivity contribution in [3.63, 3.8) is 0 Å². The molecule has 24 heavy (non-hydrogen) atoms. The molecule has 0 amide bonds. The summed E-state index contributed by atoms with van der Waals surface area (Å²) in [7, 11) is 2.75. The van der Waals surface area contributed by atoms with Gasteiger partial charge in [-0.3, -0.25) is 0 Å². The molecule has 0 saturated carbocycles. The summed E-state index contributed by atoms with van der Waals surface area (Å²) in [5.41, 5.74) is 1.84. The first kappa shape index (κ1) is 22.2. The van der Waals surface area contributed by atoms with Crippen LogP contribution in [0.3, 0.4) is 0 Å². The third kappa shape index (κ3) is 11.7. The van der Waals surface area contributed by atoms with Crippen molar-refractivity contribution in [1.29, 1.82) is 0 Å². The molecule has 0 fully saturated rings. The highest BCUT2D eigenvalue weighted by atomic mass is 16.5. The lowest BCUT2D eigenvalue weighted by Gasteiger charge is -2.05. The molecule has 0 aliphatic heterocycles. The maximum absolute atomic E-state index is 11.5. The van der Waals surface area contributed by atoms with Gasteiger partial charge in [0.15, 0.2) is 0 Å². The molecule has 136 valence electrons. The number of hydrogen-bond donors (Lipinski definition) is 0. The van der Waals surface area contributed by atoms with Crippen molar-refractivity contribution in [3.05, 3.63) is 35.5 Å². The Morgan fingerprint density at radius 2 is 1.08 bits per heavy atom. The highest BCUT2D eigenvalue weighted by Gasteiger charge is 2.02. The molecule has 0 aromatic carbocycles. The van der Waals surface area contributed by atoms with Crippen LogP contribution in [0.15, 0.2) is 35.5 Å². The Morgan fingerprint density at radius 1 is 0.708 bits per heavy atom. The third-order valence-electron chi connectivity index (χ3n) is 3.66. The van der Waals surface area contributed by atoms with Gasteiger partial charge in [0.05, 0.1) is 14.2 Å². The monoisotopic (exact) mass is 336 g/mol. The Hall–Kier alpha value is -1.84. The first-order valence-corrected chi connectivity index (χ1v) is 8.82. The number of ether oxygens (including phenoxy) is 2. The topological polar surface area (TPSA) is 52.6 Å². The number of carbonyl (C=O) groups excluding carboxylic acids is 2. The summed E-state index contributed by atoms with van der Waals surface area (Å²) < 4.78 is 9.43. The van der Waals surface area contributed by atoms with E-state index in [1.165, 1.54) is 26.4 Å². The number of methoxy groups -OCH3 is 2. The van der Waals surface area contributed by atoms with Gasteiger partial charge in [0.2, 0.25) is 0 Å². The van der Waals surface area contributed by atoms with Crippen molar-refractivity contribution >= 4 is 11.9 Å². The average Bonchev–Trinajstić information content (AvgIpc) is 2.58. The molecule has 0 bridgehead atoms. The molecule has 4 heteroatoms. The van der Waals surface area contributed by atoms with E-state index in [-0.39, 0.29) is 11.9 Å². The lowest BCUT2D eigenvalue weighted by molar-refractivity contribution is -0.135. The number of hydrogen-bond acceptors (Lipinski definition) is 4. The zero-order chi connectivity index (χ0) is 18.2. The van der Waals surface area contributed by atoms with E-state index in [0.717, 1.165) is 62.5 Å². The van der Waals surface area contributed by atoms with E-state index in [0.29, 0.717) is 0 Å². The van der Waals surface area contributed by atoms with Crippen molar-refractivity contribution in [3.8, 4) is 0 Å². The summed E-state index contributed by atoms with van der Waals surface area (Å²) in [6.07, 6.45) is 15.0. The molecular formula is C20H32O4. The largest absolute Gasteiger partial charge is 0.466 e. The van der Waals surface area contributed by atoms with Crippen LogP contribution in [0.1, 0.15) is 65.2 Å². The maximum Gasteiger partial charge on any atom is 0.330 e. The van der Waals surface area contributed by atoms with Crippen LogP contribution in [0.4, 0.5) is 0 Å². The molecule has 0 aromatic rings. The van der Waals surface area contributed by atoms with Gasteiger partial charge in [0.25, 0.3) is 0 Å². The summed E-state index contributed by atoms with van der Waals surface area (Å²) in [4.78, 5) is 23.0. The number of unbranched alkanes of at least 4 members (excludes halogenated alkanes) is 4. The van der Waals surface area contributed by atoms with Gasteiger partial charge < -0.3 is 9.47 Å².